The van der Waals surface area contributed by atoms with Gasteiger partial charge in [-0.05, 0) is 61.9 Å². The number of fused-ring (bicyclic) bond motifs is 1. The van der Waals surface area contributed by atoms with Gasteiger partial charge in [0.2, 0.25) is 5.91 Å². The van der Waals surface area contributed by atoms with E-state index in [9.17, 15) is 4.79 Å². The number of carbonyl (C=O) groups excluding carboxylic acids is 1. The average Bonchev–Trinajstić information content (AvgIpc) is 3.23. The lowest BCUT2D eigenvalue weighted by Crippen LogP contribution is -2.23. The molecule has 0 unspecified atom stereocenters. The number of methoxy groups -OCH3 is 1. The molecule has 0 fully saturated rings. The van der Waals surface area contributed by atoms with E-state index in [-0.39, 0.29) is 5.91 Å². The van der Waals surface area contributed by atoms with Crippen molar-refractivity contribution in [3.05, 3.63) is 66.5 Å². The van der Waals surface area contributed by atoms with Gasteiger partial charge < -0.3 is 19.4 Å². The molecule has 35 heavy (non-hydrogen) atoms. The number of aryl methyl sites for hydroxylation is 2. The fraction of sp³-hybridized carbons (Fsp3) is 0.448. The van der Waals surface area contributed by atoms with Crippen LogP contribution in [0.25, 0.3) is 11.0 Å². The Bertz CT molecular complexity index is 1090. The second-order valence-electron chi connectivity index (χ2n) is 8.72. The Morgan fingerprint density at radius 2 is 1.94 bits per heavy atom. The molecule has 1 amide bonds. The normalized spacial score (nSPS) is 10.9. The Kier molecular flexibility index (Phi) is 10.7. The van der Waals surface area contributed by atoms with Gasteiger partial charge in [0, 0.05) is 25.9 Å². The van der Waals surface area contributed by atoms with Crippen LogP contribution in [-0.4, -0.2) is 35.7 Å². The molecule has 1 aromatic heterocycles. The summed E-state index contributed by atoms with van der Waals surface area (Å²) in [7, 11) is 1.67. The van der Waals surface area contributed by atoms with E-state index in [0.29, 0.717) is 13.0 Å². The van der Waals surface area contributed by atoms with Crippen LogP contribution in [0.4, 0.5) is 0 Å². The molecule has 2 aromatic carbocycles. The topological polar surface area (TPSA) is 65.4 Å². The van der Waals surface area contributed by atoms with Crippen molar-refractivity contribution in [3.63, 3.8) is 0 Å². The minimum Gasteiger partial charge on any atom is -0.493 e. The minimum atomic E-state index is 0.124. The molecule has 0 aliphatic carbocycles. The van der Waals surface area contributed by atoms with E-state index in [4.69, 9.17) is 14.5 Å². The van der Waals surface area contributed by atoms with Crippen molar-refractivity contribution in [1.29, 1.82) is 0 Å². The number of aromatic nitrogens is 2. The average molecular weight is 478 g/mol. The SMILES string of the molecule is C=CCc1ccc(OCCCCn2c(CCCCCNC(=O)CC)nc3ccccc32)c(OC)c1. The molecule has 188 valence electrons. The smallest absolute Gasteiger partial charge is 0.219 e. The van der Waals surface area contributed by atoms with Gasteiger partial charge in [-0.3, -0.25) is 4.79 Å². The molecular formula is C29H39N3O3. The van der Waals surface area contributed by atoms with E-state index in [1.807, 2.05) is 31.2 Å². The first-order chi connectivity index (χ1) is 17.2. The van der Waals surface area contributed by atoms with Crippen LogP contribution in [0.1, 0.15) is 56.8 Å². The van der Waals surface area contributed by atoms with Gasteiger partial charge in [0.15, 0.2) is 11.5 Å². The number of ether oxygens (including phenoxy) is 2. The van der Waals surface area contributed by atoms with Crippen LogP contribution in [0, 0.1) is 0 Å². The van der Waals surface area contributed by atoms with Gasteiger partial charge in [-0.1, -0.05) is 37.6 Å². The van der Waals surface area contributed by atoms with Crippen LogP contribution in [0.15, 0.2) is 55.1 Å². The highest BCUT2D eigenvalue weighted by molar-refractivity contribution is 5.76. The van der Waals surface area contributed by atoms with Gasteiger partial charge in [0.05, 0.1) is 24.8 Å². The van der Waals surface area contributed by atoms with Crippen molar-refractivity contribution in [1.82, 2.24) is 14.9 Å². The highest BCUT2D eigenvalue weighted by Gasteiger charge is 2.11. The third kappa shape index (κ3) is 7.88. The maximum Gasteiger partial charge on any atom is 0.219 e. The first-order valence-electron chi connectivity index (χ1n) is 12.8. The Balaban J connectivity index is 1.49. The highest BCUT2D eigenvalue weighted by Crippen LogP contribution is 2.28. The molecule has 0 aliphatic heterocycles. The molecule has 0 saturated heterocycles. The number of benzene rings is 2. The molecule has 3 rings (SSSR count). The zero-order valence-corrected chi connectivity index (χ0v) is 21.2. The molecule has 6 nitrogen and oxygen atoms in total. The minimum absolute atomic E-state index is 0.124. The number of imidazole rings is 1. The molecule has 1 heterocycles. The van der Waals surface area contributed by atoms with Gasteiger partial charge in [-0.25, -0.2) is 4.98 Å². The van der Waals surface area contributed by atoms with Gasteiger partial charge in [0.25, 0.3) is 0 Å². The Hall–Kier alpha value is -3.28. The molecule has 0 saturated carbocycles. The Morgan fingerprint density at radius 1 is 1.09 bits per heavy atom. The number of nitrogens with zero attached hydrogens (tertiary/aromatic N) is 2. The van der Waals surface area contributed by atoms with Crippen molar-refractivity contribution in [2.24, 2.45) is 0 Å². The highest BCUT2D eigenvalue weighted by atomic mass is 16.5. The molecule has 0 radical (unpaired) electrons. The maximum atomic E-state index is 11.4. The maximum absolute atomic E-state index is 11.4. The van der Waals surface area contributed by atoms with E-state index in [1.165, 1.54) is 5.52 Å². The summed E-state index contributed by atoms with van der Waals surface area (Å²) >= 11 is 0. The van der Waals surface area contributed by atoms with E-state index in [0.717, 1.165) is 86.4 Å². The first kappa shape index (κ1) is 26.3. The summed E-state index contributed by atoms with van der Waals surface area (Å²) in [5, 5.41) is 2.95. The molecule has 0 aliphatic rings. The lowest BCUT2D eigenvalue weighted by Gasteiger charge is -2.13. The van der Waals surface area contributed by atoms with Gasteiger partial charge in [0.1, 0.15) is 5.82 Å². The summed E-state index contributed by atoms with van der Waals surface area (Å²) in [5.74, 6) is 2.81. The van der Waals surface area contributed by atoms with Crippen molar-refractivity contribution in [2.75, 3.05) is 20.3 Å². The quantitative estimate of drug-likeness (QED) is 0.207. The lowest BCUT2D eigenvalue weighted by molar-refractivity contribution is -0.120. The number of allylic oxidation sites excluding steroid dienone is 1. The Labute approximate surface area is 209 Å². The fourth-order valence-corrected chi connectivity index (χ4v) is 4.18. The number of unbranched alkanes of at least 4 members (excludes halogenated alkanes) is 3. The van der Waals surface area contributed by atoms with Gasteiger partial charge in [-0.2, -0.15) is 0 Å². The number of hydrogen-bond acceptors (Lipinski definition) is 4. The van der Waals surface area contributed by atoms with E-state index >= 15 is 0 Å². The summed E-state index contributed by atoms with van der Waals surface area (Å²) in [6.45, 7) is 7.99. The van der Waals surface area contributed by atoms with Crippen LogP contribution < -0.4 is 14.8 Å². The van der Waals surface area contributed by atoms with Gasteiger partial charge in [-0.15, -0.1) is 6.58 Å². The van der Waals surface area contributed by atoms with Crippen LogP contribution >= 0.6 is 0 Å². The van der Waals surface area contributed by atoms with E-state index in [1.54, 1.807) is 7.11 Å². The molecule has 1 N–H and O–H groups in total. The number of rotatable bonds is 16. The van der Waals surface area contributed by atoms with Crippen molar-refractivity contribution >= 4 is 16.9 Å². The summed E-state index contributed by atoms with van der Waals surface area (Å²) in [6, 6.07) is 14.4. The van der Waals surface area contributed by atoms with Crippen molar-refractivity contribution in [3.8, 4) is 11.5 Å². The summed E-state index contributed by atoms with van der Waals surface area (Å²) < 4.78 is 13.9. The summed E-state index contributed by atoms with van der Waals surface area (Å²) in [5.41, 5.74) is 3.41. The lowest BCUT2D eigenvalue weighted by atomic mass is 10.1. The standard InChI is InChI=1S/C29H39N3O3/c1-4-13-23-17-18-26(27(22-23)34-3)35-21-12-11-20-32-25-15-9-8-14-24(25)31-28(32)16-7-6-10-19-30-29(33)5-2/h4,8-9,14-15,17-18,22H,1,5-7,10-13,16,19-21H2,2-3H3,(H,30,33). The first-order valence-corrected chi connectivity index (χ1v) is 12.8. The fourth-order valence-electron chi connectivity index (χ4n) is 4.18. The predicted molar refractivity (Wildman–Crippen MR) is 142 cm³/mol. The number of nitrogens with one attached hydrogen (secondary N) is 1. The zero-order valence-electron chi connectivity index (χ0n) is 21.2. The molecule has 0 atom stereocenters. The number of amides is 1. The molecule has 0 bridgehead atoms. The van der Waals surface area contributed by atoms with Crippen molar-refractivity contribution < 1.29 is 14.3 Å². The van der Waals surface area contributed by atoms with Crippen molar-refractivity contribution in [2.45, 2.75) is 64.8 Å². The van der Waals surface area contributed by atoms with E-state index in [2.05, 4.69) is 40.7 Å². The largest absolute Gasteiger partial charge is 0.493 e. The van der Waals surface area contributed by atoms with Crippen LogP contribution in [0.3, 0.4) is 0 Å². The number of carbonyl (C=O) groups is 1. The molecular weight excluding hydrogens is 438 g/mol. The van der Waals surface area contributed by atoms with Gasteiger partial charge >= 0.3 is 0 Å². The number of para-hydroxylation sites is 2. The summed E-state index contributed by atoms with van der Waals surface area (Å²) in [4.78, 5) is 16.3. The molecule has 0 spiro atoms. The zero-order chi connectivity index (χ0) is 24.9. The van der Waals surface area contributed by atoms with Crippen LogP contribution in [0.5, 0.6) is 11.5 Å². The second-order valence-corrected chi connectivity index (χ2v) is 8.72. The second kappa shape index (κ2) is 14.2. The third-order valence-electron chi connectivity index (χ3n) is 6.10. The molecule has 3 aromatic rings. The van der Waals surface area contributed by atoms with Crippen LogP contribution in [0.2, 0.25) is 0 Å². The summed E-state index contributed by atoms with van der Waals surface area (Å²) in [6.07, 6.45) is 9.29. The molecule has 6 heteroatoms. The number of hydrogen-bond donors (Lipinski definition) is 1. The predicted octanol–water partition coefficient (Wildman–Crippen LogP) is 5.87. The Morgan fingerprint density at radius 3 is 2.74 bits per heavy atom. The monoisotopic (exact) mass is 477 g/mol. The van der Waals surface area contributed by atoms with Crippen LogP contribution in [-0.2, 0) is 24.2 Å². The van der Waals surface area contributed by atoms with E-state index < -0.39 is 0 Å². The third-order valence-corrected chi connectivity index (χ3v) is 6.10.